The van der Waals surface area contributed by atoms with Crippen molar-refractivity contribution in [1.82, 2.24) is 0 Å². The van der Waals surface area contributed by atoms with Gasteiger partial charge in [-0.3, -0.25) is 0 Å². The molecule has 11 aromatic carbocycles. The molecule has 0 aliphatic rings. The molecule has 0 aliphatic heterocycles. The molecule has 13 aromatic rings. The third-order valence-electron chi connectivity index (χ3n) is 13.0. The quantitative estimate of drug-likeness (QED) is 0.143. The average molecular weight is 845 g/mol. The summed E-state index contributed by atoms with van der Waals surface area (Å²) in [6.45, 7) is 0. The van der Waals surface area contributed by atoms with Gasteiger partial charge < -0.3 is 18.6 Å². The van der Waals surface area contributed by atoms with Crippen LogP contribution in [-0.2, 0) is 0 Å². The van der Waals surface area contributed by atoms with Crippen LogP contribution in [0.15, 0.2) is 251 Å². The average Bonchev–Trinajstić information content (AvgIpc) is 3.97. The zero-order valence-corrected chi connectivity index (χ0v) is 35.8. The van der Waals surface area contributed by atoms with Crippen molar-refractivity contribution in [2.24, 2.45) is 0 Å². The largest absolute Gasteiger partial charge is 0.455 e. The van der Waals surface area contributed by atoms with E-state index >= 15 is 0 Å². The first-order valence-electron chi connectivity index (χ1n) is 22.4. The molecule has 13 rings (SSSR count). The number of fused-ring (bicyclic) bond motifs is 11. The highest BCUT2D eigenvalue weighted by molar-refractivity contribution is 6.30. The molecule has 4 nitrogen and oxygen atoms in total. The van der Waals surface area contributed by atoms with E-state index in [0.717, 1.165) is 111 Å². The molecule has 2 aromatic heterocycles. The standard InChI is InChI=1S/C62H40N2O2/c1-4-15-45(16-5-1)63(46-17-6-2-7-18-46)49-36-38-54-56(40-49)50-21-10-11-23-52(50)60-55-37-33-44(39-59(55)66-62(54)60)43-29-27-41(28-30-43)42-31-34-48(35-32-42)64(47-19-8-3-9-20-47)57-25-14-24-53-51-22-12-13-26-58(51)65-61(53)57/h1-40H. The van der Waals surface area contributed by atoms with Gasteiger partial charge in [0.25, 0.3) is 0 Å². The Morgan fingerprint density at radius 3 is 1.39 bits per heavy atom. The summed E-state index contributed by atoms with van der Waals surface area (Å²) >= 11 is 0. The Bertz CT molecular complexity index is 3870. The number of rotatable bonds is 8. The maximum atomic E-state index is 6.91. The van der Waals surface area contributed by atoms with Gasteiger partial charge in [-0.25, -0.2) is 0 Å². The third kappa shape index (κ3) is 6.22. The van der Waals surface area contributed by atoms with Gasteiger partial charge in [-0.1, -0.05) is 152 Å². The van der Waals surface area contributed by atoms with Crippen LogP contribution in [0.5, 0.6) is 0 Å². The van der Waals surface area contributed by atoms with Gasteiger partial charge in [-0.05, 0) is 129 Å². The highest BCUT2D eigenvalue weighted by Gasteiger charge is 2.21. The number of benzene rings is 11. The van der Waals surface area contributed by atoms with Crippen molar-refractivity contribution >= 4 is 99.5 Å². The fourth-order valence-electron chi connectivity index (χ4n) is 9.93. The van der Waals surface area contributed by atoms with Crippen LogP contribution in [0, 0.1) is 0 Å². The van der Waals surface area contributed by atoms with E-state index < -0.39 is 0 Å². The lowest BCUT2D eigenvalue weighted by Gasteiger charge is -2.26. The lowest BCUT2D eigenvalue weighted by atomic mass is 9.95. The topological polar surface area (TPSA) is 32.8 Å². The molecule has 310 valence electrons. The molecule has 2 heterocycles. The highest BCUT2D eigenvalue weighted by Crippen LogP contribution is 2.46. The van der Waals surface area contributed by atoms with Crippen molar-refractivity contribution in [3.63, 3.8) is 0 Å². The Morgan fingerprint density at radius 2 is 0.712 bits per heavy atom. The maximum Gasteiger partial charge on any atom is 0.159 e. The Balaban J connectivity index is 0.846. The van der Waals surface area contributed by atoms with Crippen molar-refractivity contribution in [3.05, 3.63) is 243 Å². The summed E-state index contributed by atoms with van der Waals surface area (Å²) in [5.74, 6) is 0. The predicted octanol–water partition coefficient (Wildman–Crippen LogP) is 18.1. The Hall–Kier alpha value is -8.86. The SMILES string of the molecule is c1ccc(N(c2ccccc2)c2ccc3c(c2)c2ccccc2c2c4ccc(-c5ccc(-c6ccc(N(c7ccccc7)c7cccc8c7oc7ccccc78)cc6)cc5)cc4oc32)cc1. The number of nitrogens with zero attached hydrogens (tertiary/aromatic N) is 2. The summed E-state index contributed by atoms with van der Waals surface area (Å²) < 4.78 is 13.4. The summed E-state index contributed by atoms with van der Waals surface area (Å²) in [5, 5.41) is 9.13. The van der Waals surface area contributed by atoms with E-state index in [4.69, 9.17) is 8.83 Å². The molecule has 0 amide bonds. The van der Waals surface area contributed by atoms with Crippen LogP contribution in [0.25, 0.3) is 87.7 Å². The smallest absolute Gasteiger partial charge is 0.159 e. The summed E-state index contributed by atoms with van der Waals surface area (Å²) in [6, 6.07) is 86.0. The molecule has 66 heavy (non-hydrogen) atoms. The monoisotopic (exact) mass is 844 g/mol. The minimum Gasteiger partial charge on any atom is -0.455 e. The molecule has 0 saturated heterocycles. The molecule has 0 atom stereocenters. The minimum atomic E-state index is 0.869. The van der Waals surface area contributed by atoms with Crippen LogP contribution in [-0.4, -0.2) is 0 Å². The summed E-state index contributed by atoms with van der Waals surface area (Å²) in [6.07, 6.45) is 0. The van der Waals surface area contributed by atoms with E-state index in [2.05, 4.69) is 240 Å². The fraction of sp³-hybridized carbons (Fsp3) is 0. The normalized spacial score (nSPS) is 11.6. The van der Waals surface area contributed by atoms with Gasteiger partial charge in [0, 0.05) is 55.4 Å². The summed E-state index contributed by atoms with van der Waals surface area (Å²) in [4.78, 5) is 4.59. The van der Waals surface area contributed by atoms with E-state index in [9.17, 15) is 0 Å². The second kappa shape index (κ2) is 15.4. The van der Waals surface area contributed by atoms with Gasteiger partial charge in [-0.15, -0.1) is 0 Å². The van der Waals surface area contributed by atoms with Crippen molar-refractivity contribution in [2.75, 3.05) is 9.80 Å². The summed E-state index contributed by atoms with van der Waals surface area (Å²) in [7, 11) is 0. The summed E-state index contributed by atoms with van der Waals surface area (Å²) in [5.41, 5.74) is 14.5. The van der Waals surface area contributed by atoms with Gasteiger partial charge >= 0.3 is 0 Å². The minimum absolute atomic E-state index is 0.869. The second-order valence-electron chi connectivity index (χ2n) is 16.8. The van der Waals surface area contributed by atoms with Crippen LogP contribution >= 0.6 is 0 Å². The van der Waals surface area contributed by atoms with Gasteiger partial charge in [-0.2, -0.15) is 0 Å². The molecule has 0 unspecified atom stereocenters. The third-order valence-corrected chi connectivity index (χ3v) is 13.0. The van der Waals surface area contributed by atoms with Gasteiger partial charge in [0.2, 0.25) is 0 Å². The van der Waals surface area contributed by atoms with Gasteiger partial charge in [0.15, 0.2) is 5.58 Å². The Kier molecular flexibility index (Phi) is 8.81. The van der Waals surface area contributed by atoms with Crippen LogP contribution in [0.3, 0.4) is 0 Å². The number of para-hydroxylation sites is 5. The van der Waals surface area contributed by atoms with E-state index in [1.54, 1.807) is 0 Å². The molecule has 0 bridgehead atoms. The number of hydrogen-bond donors (Lipinski definition) is 0. The Labute approximate surface area is 381 Å². The van der Waals surface area contributed by atoms with Gasteiger partial charge in [0.1, 0.15) is 16.7 Å². The molecule has 0 N–H and O–H groups in total. The molecular weight excluding hydrogens is 805 g/mol. The lowest BCUT2D eigenvalue weighted by Crippen LogP contribution is -2.10. The maximum absolute atomic E-state index is 6.91. The molecule has 0 saturated carbocycles. The molecule has 0 fully saturated rings. The molecule has 4 heteroatoms. The number of furan rings is 2. The van der Waals surface area contributed by atoms with Crippen LogP contribution < -0.4 is 9.80 Å². The lowest BCUT2D eigenvalue weighted by molar-refractivity contribution is 0.669. The van der Waals surface area contributed by atoms with Crippen LogP contribution in [0.2, 0.25) is 0 Å². The van der Waals surface area contributed by atoms with E-state index in [1.165, 1.54) is 10.8 Å². The van der Waals surface area contributed by atoms with Crippen LogP contribution in [0.1, 0.15) is 0 Å². The van der Waals surface area contributed by atoms with E-state index in [-0.39, 0.29) is 0 Å². The first kappa shape index (κ1) is 37.7. The van der Waals surface area contributed by atoms with Crippen molar-refractivity contribution in [1.29, 1.82) is 0 Å². The molecule has 0 spiro atoms. The molecule has 0 radical (unpaired) electrons. The predicted molar refractivity (Wildman–Crippen MR) is 276 cm³/mol. The van der Waals surface area contributed by atoms with E-state index in [1.807, 2.05) is 12.1 Å². The first-order chi connectivity index (χ1) is 32.7. The fourth-order valence-corrected chi connectivity index (χ4v) is 9.93. The van der Waals surface area contributed by atoms with Crippen molar-refractivity contribution < 1.29 is 8.83 Å². The van der Waals surface area contributed by atoms with Gasteiger partial charge in [0.05, 0.1) is 5.69 Å². The number of anilines is 6. The van der Waals surface area contributed by atoms with Crippen molar-refractivity contribution in [2.45, 2.75) is 0 Å². The zero-order chi connectivity index (χ0) is 43.6. The first-order valence-corrected chi connectivity index (χ1v) is 22.4. The zero-order valence-electron chi connectivity index (χ0n) is 35.8. The Morgan fingerprint density at radius 1 is 0.242 bits per heavy atom. The second-order valence-corrected chi connectivity index (χ2v) is 16.8. The van der Waals surface area contributed by atoms with E-state index in [0.29, 0.717) is 0 Å². The molecular formula is C62H40N2O2. The molecule has 0 aliphatic carbocycles. The highest BCUT2D eigenvalue weighted by atomic mass is 16.3. The van der Waals surface area contributed by atoms with Crippen molar-refractivity contribution in [3.8, 4) is 22.3 Å². The van der Waals surface area contributed by atoms with Crippen LogP contribution in [0.4, 0.5) is 34.1 Å². The number of hydrogen-bond acceptors (Lipinski definition) is 4.